The molecule has 0 fully saturated rings. The monoisotopic (exact) mass is 421 g/mol. The van der Waals surface area contributed by atoms with E-state index in [0.29, 0.717) is 11.7 Å². The second-order valence-electron chi connectivity index (χ2n) is 9.64. The Balaban J connectivity index is 1.91. The van der Waals surface area contributed by atoms with Crippen LogP contribution in [-0.4, -0.2) is 32.9 Å². The third-order valence-electron chi connectivity index (χ3n) is 5.90. The summed E-state index contributed by atoms with van der Waals surface area (Å²) in [5, 5.41) is 2.07. The second kappa shape index (κ2) is 7.69. The van der Waals surface area contributed by atoms with E-state index < -0.39 is 0 Å². The van der Waals surface area contributed by atoms with Crippen molar-refractivity contribution in [2.45, 2.75) is 59.5 Å². The summed E-state index contributed by atoms with van der Waals surface area (Å²) < 4.78 is 2.15. The van der Waals surface area contributed by atoms with E-state index in [1.165, 1.54) is 16.7 Å². The predicted molar refractivity (Wildman–Crippen MR) is 125 cm³/mol. The van der Waals surface area contributed by atoms with Crippen LogP contribution >= 0.6 is 11.3 Å². The first-order valence-corrected chi connectivity index (χ1v) is 11.6. The lowest BCUT2D eigenvalue weighted by Gasteiger charge is -2.32. The third-order valence-corrected chi connectivity index (χ3v) is 6.78. The van der Waals surface area contributed by atoms with Crippen LogP contribution in [0.1, 0.15) is 56.4 Å². The molecule has 30 heavy (non-hydrogen) atoms. The molecule has 4 nitrogen and oxygen atoms in total. The molecule has 0 spiro atoms. The second-order valence-corrected chi connectivity index (χ2v) is 10.6. The van der Waals surface area contributed by atoms with E-state index in [4.69, 9.17) is 4.98 Å². The number of thiophene rings is 1. The summed E-state index contributed by atoms with van der Waals surface area (Å²) in [5.74, 6) is 1.13. The van der Waals surface area contributed by atoms with Crippen molar-refractivity contribution in [3.05, 3.63) is 52.7 Å². The van der Waals surface area contributed by atoms with Crippen LogP contribution in [0.25, 0.3) is 21.8 Å². The maximum atomic E-state index is 13.4. The van der Waals surface area contributed by atoms with Crippen molar-refractivity contribution >= 4 is 17.2 Å². The van der Waals surface area contributed by atoms with Gasteiger partial charge in [0.15, 0.2) is 5.82 Å². The fourth-order valence-corrected chi connectivity index (χ4v) is 4.75. The minimum absolute atomic E-state index is 0.0201. The highest BCUT2D eigenvalue weighted by atomic mass is 32.1. The van der Waals surface area contributed by atoms with Crippen LogP contribution in [0.5, 0.6) is 0 Å². The maximum absolute atomic E-state index is 13.4. The lowest BCUT2D eigenvalue weighted by Crippen LogP contribution is -2.43. The Morgan fingerprint density at radius 1 is 1.27 bits per heavy atom. The molecular formula is C25H31N3OS. The minimum atomic E-state index is -0.260. The number of hydrogen-bond acceptors (Lipinski definition) is 3. The van der Waals surface area contributed by atoms with Gasteiger partial charge in [-0.25, -0.2) is 4.98 Å². The molecule has 2 aromatic heterocycles. The standard InChI is InChI=1S/C25H31N3OS/c1-16(2)14-17-9-10-18-11-12-28-22(19(18)15-17)21(20-8-7-13-30-20)26-23(28)24(29)27(6)25(3,4)5/h7-10,13,15-16H,11-12,14H2,1-6H3. The molecule has 3 aromatic rings. The summed E-state index contributed by atoms with van der Waals surface area (Å²) in [5.41, 5.74) is 5.68. The zero-order valence-corrected chi connectivity index (χ0v) is 19.6. The molecule has 1 amide bonds. The van der Waals surface area contributed by atoms with Gasteiger partial charge in [-0.2, -0.15) is 0 Å². The van der Waals surface area contributed by atoms with Crippen molar-refractivity contribution in [2.24, 2.45) is 5.92 Å². The first kappa shape index (κ1) is 20.9. The Hall–Kier alpha value is -2.40. The van der Waals surface area contributed by atoms with Gasteiger partial charge < -0.3 is 9.47 Å². The molecule has 3 heterocycles. The van der Waals surface area contributed by atoms with Gasteiger partial charge >= 0.3 is 0 Å². The first-order chi connectivity index (χ1) is 14.2. The topological polar surface area (TPSA) is 38.1 Å². The predicted octanol–water partition coefficient (Wildman–Crippen LogP) is 5.90. The largest absolute Gasteiger partial charge is 0.334 e. The summed E-state index contributed by atoms with van der Waals surface area (Å²) in [4.78, 5) is 21.3. The van der Waals surface area contributed by atoms with E-state index in [1.54, 1.807) is 16.2 Å². The number of nitrogens with zero attached hydrogens (tertiary/aromatic N) is 3. The molecule has 0 N–H and O–H groups in total. The van der Waals surface area contributed by atoms with Gasteiger partial charge in [0.2, 0.25) is 0 Å². The molecule has 1 aliphatic heterocycles. The van der Waals surface area contributed by atoms with Crippen LogP contribution in [0.3, 0.4) is 0 Å². The fourth-order valence-electron chi connectivity index (χ4n) is 4.04. The quantitative estimate of drug-likeness (QED) is 0.526. The highest BCUT2D eigenvalue weighted by Crippen LogP contribution is 2.40. The van der Waals surface area contributed by atoms with Gasteiger partial charge in [-0.1, -0.05) is 32.0 Å². The molecule has 1 aliphatic rings. The van der Waals surface area contributed by atoms with E-state index >= 15 is 0 Å². The Morgan fingerprint density at radius 2 is 2.03 bits per heavy atom. The van der Waals surface area contributed by atoms with E-state index in [0.717, 1.165) is 35.7 Å². The molecule has 0 atom stereocenters. The summed E-state index contributed by atoms with van der Waals surface area (Å²) in [6.07, 6.45) is 1.97. The number of aromatic nitrogens is 2. The van der Waals surface area contributed by atoms with Gasteiger partial charge in [-0.3, -0.25) is 4.79 Å². The van der Waals surface area contributed by atoms with Crippen molar-refractivity contribution in [3.63, 3.8) is 0 Å². The minimum Gasteiger partial charge on any atom is -0.334 e. The molecular weight excluding hydrogens is 390 g/mol. The lowest BCUT2D eigenvalue weighted by atomic mass is 9.92. The normalized spacial score (nSPS) is 13.3. The van der Waals surface area contributed by atoms with Crippen molar-refractivity contribution in [3.8, 4) is 21.8 Å². The molecule has 1 aromatic carbocycles. The van der Waals surface area contributed by atoms with Gasteiger partial charge in [0, 0.05) is 24.7 Å². The summed E-state index contributed by atoms with van der Waals surface area (Å²) in [6.45, 7) is 11.4. The zero-order chi connectivity index (χ0) is 21.6. The summed E-state index contributed by atoms with van der Waals surface area (Å²) >= 11 is 1.68. The number of hydrogen-bond donors (Lipinski definition) is 0. The zero-order valence-electron chi connectivity index (χ0n) is 18.8. The highest BCUT2D eigenvalue weighted by Gasteiger charge is 2.32. The van der Waals surface area contributed by atoms with E-state index in [-0.39, 0.29) is 11.4 Å². The molecule has 0 unspecified atom stereocenters. The number of imidazole rings is 1. The molecule has 0 aliphatic carbocycles. The van der Waals surface area contributed by atoms with Crippen molar-refractivity contribution in [1.29, 1.82) is 0 Å². The van der Waals surface area contributed by atoms with Crippen molar-refractivity contribution in [2.75, 3.05) is 7.05 Å². The molecule has 0 radical (unpaired) electrons. The number of fused-ring (bicyclic) bond motifs is 3. The van der Waals surface area contributed by atoms with Crippen molar-refractivity contribution < 1.29 is 4.79 Å². The van der Waals surface area contributed by atoms with Crippen LogP contribution in [-0.2, 0) is 19.4 Å². The molecule has 5 heteroatoms. The van der Waals surface area contributed by atoms with Crippen LogP contribution in [0, 0.1) is 5.92 Å². The van der Waals surface area contributed by atoms with E-state index in [1.807, 2.05) is 13.1 Å². The van der Waals surface area contributed by atoms with Crippen LogP contribution in [0.15, 0.2) is 35.7 Å². The van der Waals surface area contributed by atoms with Gasteiger partial charge in [0.05, 0.1) is 10.6 Å². The molecule has 158 valence electrons. The SMILES string of the molecule is CC(C)Cc1ccc2c(c1)-c1c(-c3cccs3)nc(C(=O)N(C)C(C)(C)C)n1CC2. The molecule has 0 bridgehead atoms. The number of benzene rings is 1. The lowest BCUT2D eigenvalue weighted by molar-refractivity contribution is 0.0638. The Morgan fingerprint density at radius 3 is 2.67 bits per heavy atom. The Bertz CT molecular complexity index is 1070. The highest BCUT2D eigenvalue weighted by molar-refractivity contribution is 7.13. The summed E-state index contributed by atoms with van der Waals surface area (Å²) in [6, 6.07) is 11.0. The maximum Gasteiger partial charge on any atom is 0.290 e. The number of aryl methyl sites for hydroxylation is 1. The van der Waals surface area contributed by atoms with Crippen molar-refractivity contribution in [1.82, 2.24) is 14.5 Å². The Labute approximate surface area is 183 Å². The first-order valence-electron chi connectivity index (χ1n) is 10.7. The third kappa shape index (κ3) is 3.71. The molecule has 4 rings (SSSR count). The van der Waals surface area contributed by atoms with E-state index in [9.17, 15) is 4.79 Å². The van der Waals surface area contributed by atoms with Crippen LogP contribution < -0.4 is 0 Å². The van der Waals surface area contributed by atoms with Crippen LogP contribution in [0.4, 0.5) is 0 Å². The number of rotatable bonds is 4. The number of amides is 1. The number of carbonyl (C=O) groups is 1. The van der Waals surface area contributed by atoms with Gasteiger partial charge in [0.25, 0.3) is 5.91 Å². The Kier molecular flexibility index (Phi) is 5.35. The smallest absolute Gasteiger partial charge is 0.290 e. The molecule has 0 saturated heterocycles. The number of carbonyl (C=O) groups excluding carboxylic acids is 1. The van der Waals surface area contributed by atoms with Gasteiger partial charge in [-0.05, 0) is 68.2 Å². The van der Waals surface area contributed by atoms with E-state index in [2.05, 4.69) is 68.8 Å². The van der Waals surface area contributed by atoms with Crippen LogP contribution in [0.2, 0.25) is 0 Å². The fraction of sp³-hybridized carbons (Fsp3) is 0.440. The molecule has 0 saturated carbocycles. The van der Waals surface area contributed by atoms with Gasteiger partial charge in [-0.15, -0.1) is 11.3 Å². The average Bonchev–Trinajstić information content (AvgIpc) is 3.33. The van der Waals surface area contributed by atoms with Gasteiger partial charge in [0.1, 0.15) is 5.69 Å². The average molecular weight is 422 g/mol. The summed E-state index contributed by atoms with van der Waals surface area (Å²) in [7, 11) is 1.87.